The first-order chi connectivity index (χ1) is 11.9. The number of hydrogen-bond donors (Lipinski definition) is 2. The minimum Gasteiger partial charge on any atom is -0.507 e. The van der Waals surface area contributed by atoms with E-state index in [1.165, 1.54) is 0 Å². The Balaban J connectivity index is 1.97. The Bertz CT molecular complexity index is 689. The minimum atomic E-state index is -0.618. The summed E-state index contributed by atoms with van der Waals surface area (Å²) in [4.78, 5) is 11.6. The van der Waals surface area contributed by atoms with Crippen LogP contribution < -0.4 is 0 Å². The molecule has 0 spiro atoms. The van der Waals surface area contributed by atoms with E-state index in [2.05, 4.69) is 6.92 Å². The van der Waals surface area contributed by atoms with Crippen LogP contribution in [0.15, 0.2) is 24.0 Å². The molecule has 4 heteroatoms. The summed E-state index contributed by atoms with van der Waals surface area (Å²) in [6.07, 6.45) is 6.75. The van der Waals surface area contributed by atoms with E-state index in [9.17, 15) is 15.0 Å². The lowest BCUT2D eigenvalue weighted by atomic mass is 9.77. The van der Waals surface area contributed by atoms with E-state index in [1.807, 2.05) is 26.0 Å². The number of fused-ring (bicyclic) bond motifs is 3. The summed E-state index contributed by atoms with van der Waals surface area (Å²) in [7, 11) is 0. The highest BCUT2D eigenvalue weighted by molar-refractivity contribution is 5.83. The van der Waals surface area contributed by atoms with Crippen molar-refractivity contribution in [3.63, 3.8) is 0 Å². The van der Waals surface area contributed by atoms with Gasteiger partial charge in [-0.3, -0.25) is 4.79 Å². The van der Waals surface area contributed by atoms with E-state index >= 15 is 0 Å². The Kier molecular flexibility index (Phi) is 4.92. The van der Waals surface area contributed by atoms with Gasteiger partial charge in [0.05, 0.1) is 5.56 Å². The van der Waals surface area contributed by atoms with Gasteiger partial charge in [0.2, 0.25) is 0 Å². The SMILES string of the molecule is CCCCCC(O)C1=C[C@@H]2c3c(ccc(O)c3C=O)C[C@@H]2C(C)(C)O1. The Morgan fingerprint density at radius 3 is 2.80 bits per heavy atom. The Labute approximate surface area is 149 Å². The number of allylic oxidation sites excluding steroid dienone is 1. The van der Waals surface area contributed by atoms with Crippen LogP contribution in [0.2, 0.25) is 0 Å². The second-order valence-electron chi connectivity index (χ2n) is 7.81. The van der Waals surface area contributed by atoms with Gasteiger partial charge in [-0.05, 0) is 50.0 Å². The quantitative estimate of drug-likeness (QED) is 0.602. The minimum absolute atomic E-state index is 0.0122. The molecular weight excluding hydrogens is 316 g/mol. The lowest BCUT2D eigenvalue weighted by Crippen LogP contribution is -2.41. The molecule has 3 rings (SSSR count). The fourth-order valence-electron chi connectivity index (χ4n) is 4.31. The molecule has 0 amide bonds. The van der Waals surface area contributed by atoms with Gasteiger partial charge in [0.15, 0.2) is 6.29 Å². The number of phenols is 1. The first kappa shape index (κ1) is 18.0. The number of phenolic OH excluding ortho intramolecular Hbond substituents is 1. The van der Waals surface area contributed by atoms with Crippen LogP contribution in [0.3, 0.4) is 0 Å². The van der Waals surface area contributed by atoms with Gasteiger partial charge in [0.25, 0.3) is 0 Å². The number of hydrogen-bond acceptors (Lipinski definition) is 4. The molecule has 1 aliphatic heterocycles. The molecule has 2 N–H and O–H groups in total. The van der Waals surface area contributed by atoms with Crippen LogP contribution in [0.25, 0.3) is 0 Å². The molecule has 0 saturated heterocycles. The summed E-state index contributed by atoms with van der Waals surface area (Å²) in [5.74, 6) is 0.809. The molecule has 0 bridgehead atoms. The molecule has 1 aliphatic carbocycles. The summed E-state index contributed by atoms with van der Waals surface area (Å²) < 4.78 is 6.18. The lowest BCUT2D eigenvalue weighted by molar-refractivity contribution is -0.0604. The summed E-state index contributed by atoms with van der Waals surface area (Å²) in [5.41, 5.74) is 1.92. The molecule has 2 aliphatic rings. The van der Waals surface area contributed by atoms with Gasteiger partial charge in [-0.15, -0.1) is 0 Å². The number of aromatic hydroxyl groups is 1. The van der Waals surface area contributed by atoms with Crippen LogP contribution in [-0.2, 0) is 11.2 Å². The van der Waals surface area contributed by atoms with Crippen LogP contribution in [0.1, 0.15) is 73.9 Å². The molecule has 1 aromatic rings. The number of rotatable bonds is 6. The first-order valence-electron chi connectivity index (χ1n) is 9.27. The van der Waals surface area contributed by atoms with E-state index in [-0.39, 0.29) is 17.6 Å². The zero-order chi connectivity index (χ0) is 18.2. The van der Waals surface area contributed by atoms with Gasteiger partial charge in [-0.25, -0.2) is 0 Å². The van der Waals surface area contributed by atoms with Gasteiger partial charge in [-0.2, -0.15) is 0 Å². The molecule has 0 aromatic heterocycles. The summed E-state index contributed by atoms with van der Waals surface area (Å²) in [5, 5.41) is 20.7. The van der Waals surface area contributed by atoms with Crippen molar-refractivity contribution in [3.8, 4) is 5.75 Å². The molecule has 136 valence electrons. The van der Waals surface area contributed by atoms with Crippen molar-refractivity contribution >= 4 is 6.29 Å². The molecule has 1 aromatic carbocycles. The van der Waals surface area contributed by atoms with Crippen molar-refractivity contribution in [3.05, 3.63) is 40.7 Å². The zero-order valence-electron chi connectivity index (χ0n) is 15.3. The molecule has 0 radical (unpaired) electrons. The monoisotopic (exact) mass is 344 g/mol. The molecular formula is C21H28O4. The smallest absolute Gasteiger partial charge is 0.154 e. The highest BCUT2D eigenvalue weighted by atomic mass is 16.5. The number of unbranched alkanes of at least 4 members (excludes halogenated alkanes) is 2. The number of carbonyl (C=O) groups excluding carboxylic acids is 1. The Morgan fingerprint density at radius 2 is 2.12 bits per heavy atom. The van der Waals surface area contributed by atoms with Crippen molar-refractivity contribution in [2.45, 2.75) is 70.5 Å². The van der Waals surface area contributed by atoms with Crippen LogP contribution in [-0.4, -0.2) is 28.2 Å². The second-order valence-corrected chi connectivity index (χ2v) is 7.81. The van der Waals surface area contributed by atoms with E-state index in [1.54, 1.807) is 6.07 Å². The first-order valence-corrected chi connectivity index (χ1v) is 9.27. The molecule has 3 atom stereocenters. The number of aliphatic hydroxyl groups is 1. The van der Waals surface area contributed by atoms with Gasteiger partial charge in [0, 0.05) is 11.8 Å². The molecule has 0 fully saturated rings. The van der Waals surface area contributed by atoms with Gasteiger partial charge < -0.3 is 14.9 Å². The number of aldehydes is 1. The molecule has 1 unspecified atom stereocenters. The van der Waals surface area contributed by atoms with Crippen LogP contribution in [0, 0.1) is 5.92 Å². The number of aliphatic hydroxyl groups excluding tert-OH is 1. The third kappa shape index (κ3) is 3.20. The molecule has 25 heavy (non-hydrogen) atoms. The predicted octanol–water partition coefficient (Wildman–Crippen LogP) is 4.09. The van der Waals surface area contributed by atoms with Gasteiger partial charge in [-0.1, -0.05) is 32.3 Å². The normalized spacial score (nSPS) is 24.7. The van der Waals surface area contributed by atoms with E-state index < -0.39 is 11.7 Å². The topological polar surface area (TPSA) is 66.8 Å². The van der Waals surface area contributed by atoms with Crippen LogP contribution in [0.5, 0.6) is 5.75 Å². The maximum atomic E-state index is 11.6. The van der Waals surface area contributed by atoms with Crippen molar-refractivity contribution in [2.24, 2.45) is 5.92 Å². The second kappa shape index (κ2) is 6.83. The van der Waals surface area contributed by atoms with Gasteiger partial charge >= 0.3 is 0 Å². The maximum Gasteiger partial charge on any atom is 0.154 e. The predicted molar refractivity (Wildman–Crippen MR) is 96.8 cm³/mol. The lowest BCUT2D eigenvalue weighted by Gasteiger charge is -2.41. The summed E-state index contributed by atoms with van der Waals surface area (Å²) in [6, 6.07) is 3.50. The van der Waals surface area contributed by atoms with Gasteiger partial charge in [0.1, 0.15) is 23.2 Å². The third-order valence-electron chi connectivity index (χ3n) is 5.71. The largest absolute Gasteiger partial charge is 0.507 e. The zero-order valence-corrected chi connectivity index (χ0v) is 15.3. The van der Waals surface area contributed by atoms with Crippen molar-refractivity contribution in [2.75, 3.05) is 0 Å². The maximum absolute atomic E-state index is 11.6. The molecule has 1 heterocycles. The van der Waals surface area contributed by atoms with Crippen LogP contribution >= 0.6 is 0 Å². The third-order valence-corrected chi connectivity index (χ3v) is 5.71. The van der Waals surface area contributed by atoms with Crippen molar-refractivity contribution in [1.82, 2.24) is 0 Å². The summed E-state index contributed by atoms with van der Waals surface area (Å²) >= 11 is 0. The number of benzene rings is 1. The van der Waals surface area contributed by atoms with E-state index in [4.69, 9.17) is 4.74 Å². The average molecular weight is 344 g/mol. The Morgan fingerprint density at radius 1 is 1.36 bits per heavy atom. The number of ether oxygens (including phenoxy) is 1. The highest BCUT2D eigenvalue weighted by Gasteiger charge is 2.47. The Hall–Kier alpha value is -1.81. The highest BCUT2D eigenvalue weighted by Crippen LogP contribution is 2.51. The summed E-state index contributed by atoms with van der Waals surface area (Å²) in [6.45, 7) is 6.23. The fraction of sp³-hybridized carbons (Fsp3) is 0.571. The van der Waals surface area contributed by atoms with E-state index in [0.717, 1.165) is 43.1 Å². The van der Waals surface area contributed by atoms with E-state index in [0.29, 0.717) is 17.7 Å². The fourth-order valence-corrected chi connectivity index (χ4v) is 4.31. The van der Waals surface area contributed by atoms with Crippen molar-refractivity contribution in [1.29, 1.82) is 0 Å². The standard InChI is InChI=1S/C21H28O4/c1-4-5-6-7-18(24)19-11-14-16(21(2,3)25-19)10-13-8-9-17(23)15(12-22)20(13)14/h8-9,11-12,14,16,18,23-24H,4-7,10H2,1-3H3/t14-,16-,18?/m0/s1. The average Bonchev–Trinajstić information content (AvgIpc) is 2.94. The van der Waals surface area contributed by atoms with Crippen molar-refractivity contribution < 1.29 is 19.7 Å². The number of carbonyl (C=O) groups is 1. The molecule has 4 nitrogen and oxygen atoms in total. The van der Waals surface area contributed by atoms with Crippen LogP contribution in [0.4, 0.5) is 0 Å². The molecule has 0 saturated carbocycles.